The fourth-order valence-corrected chi connectivity index (χ4v) is 1.47. The maximum Gasteiger partial charge on any atom is 0.313 e. The summed E-state index contributed by atoms with van der Waals surface area (Å²) in [6.45, 7) is 0. The Kier molecular flexibility index (Phi) is 2.00. The highest BCUT2D eigenvalue weighted by atomic mass is 16.6. The molecule has 0 aliphatic heterocycles. The van der Waals surface area contributed by atoms with E-state index in [0.717, 1.165) is 0 Å². The van der Waals surface area contributed by atoms with Crippen LogP contribution in [0.1, 0.15) is 0 Å². The van der Waals surface area contributed by atoms with Crippen LogP contribution in [0.25, 0.3) is 11.0 Å². The molecule has 0 aromatic carbocycles. The van der Waals surface area contributed by atoms with E-state index in [-0.39, 0.29) is 5.69 Å². The van der Waals surface area contributed by atoms with E-state index in [9.17, 15) is 10.1 Å². The summed E-state index contributed by atoms with van der Waals surface area (Å²) in [5.74, 6) is 0.538. The Bertz CT molecular complexity index is 533. The third kappa shape index (κ3) is 1.28. The van der Waals surface area contributed by atoms with Crippen LogP contribution in [-0.4, -0.2) is 26.5 Å². The number of imidazole rings is 1. The number of fused-ring (bicyclic) bond motifs is 1. The van der Waals surface area contributed by atoms with E-state index in [4.69, 9.17) is 0 Å². The van der Waals surface area contributed by atoms with Crippen LogP contribution in [0.5, 0.6) is 0 Å². The van der Waals surface area contributed by atoms with Crippen molar-refractivity contribution in [2.24, 2.45) is 7.05 Å². The van der Waals surface area contributed by atoms with Gasteiger partial charge in [0.15, 0.2) is 11.3 Å². The number of hydrogen-bond acceptors (Lipinski definition) is 5. The first-order chi connectivity index (χ1) is 7.15. The summed E-state index contributed by atoms with van der Waals surface area (Å²) in [7, 11) is 3.41. The minimum Gasteiger partial charge on any atom is -0.371 e. The average Bonchev–Trinajstić information content (AvgIpc) is 2.60. The van der Waals surface area contributed by atoms with E-state index in [1.807, 2.05) is 0 Å². The largest absolute Gasteiger partial charge is 0.371 e. The molecule has 78 valence electrons. The normalized spacial score (nSPS) is 10.5. The molecule has 7 heteroatoms. The van der Waals surface area contributed by atoms with Gasteiger partial charge in [-0.2, -0.15) is 0 Å². The smallest absolute Gasteiger partial charge is 0.313 e. The summed E-state index contributed by atoms with van der Waals surface area (Å²) in [6, 6.07) is 0. The monoisotopic (exact) mass is 207 g/mol. The van der Waals surface area contributed by atoms with E-state index in [1.54, 1.807) is 18.7 Å². The summed E-state index contributed by atoms with van der Waals surface area (Å²) < 4.78 is 1.61. The number of pyridine rings is 1. The summed E-state index contributed by atoms with van der Waals surface area (Å²) in [4.78, 5) is 18.3. The number of aryl methyl sites for hydroxylation is 1. The maximum absolute atomic E-state index is 10.8. The molecule has 0 saturated heterocycles. The minimum absolute atomic E-state index is 0.0380. The zero-order valence-electron chi connectivity index (χ0n) is 8.26. The number of hydrogen-bond donors (Lipinski definition) is 1. The van der Waals surface area contributed by atoms with Crippen LogP contribution < -0.4 is 5.32 Å². The Balaban J connectivity index is 2.86. The molecule has 0 spiro atoms. The molecule has 0 aliphatic carbocycles. The lowest BCUT2D eigenvalue weighted by atomic mass is 10.3. The van der Waals surface area contributed by atoms with E-state index in [2.05, 4.69) is 15.3 Å². The molecule has 0 atom stereocenters. The van der Waals surface area contributed by atoms with Crippen molar-refractivity contribution >= 4 is 22.5 Å². The molecule has 0 saturated carbocycles. The molecule has 2 rings (SSSR count). The van der Waals surface area contributed by atoms with Gasteiger partial charge in [-0.15, -0.1) is 0 Å². The second-order valence-electron chi connectivity index (χ2n) is 3.05. The second-order valence-corrected chi connectivity index (χ2v) is 3.05. The van der Waals surface area contributed by atoms with E-state index < -0.39 is 4.92 Å². The van der Waals surface area contributed by atoms with Crippen molar-refractivity contribution in [3.63, 3.8) is 0 Å². The summed E-state index contributed by atoms with van der Waals surface area (Å²) in [5, 5.41) is 13.6. The molecular weight excluding hydrogens is 198 g/mol. The first kappa shape index (κ1) is 9.38. The Morgan fingerprint density at radius 1 is 1.53 bits per heavy atom. The van der Waals surface area contributed by atoms with Crippen molar-refractivity contribution < 1.29 is 4.92 Å². The Labute approximate surface area is 84.9 Å². The maximum atomic E-state index is 10.8. The zero-order valence-corrected chi connectivity index (χ0v) is 8.26. The fraction of sp³-hybridized carbons (Fsp3) is 0.250. The SMILES string of the molecule is CNc1ncc([N+](=O)[O-])c2c1ncn2C. The van der Waals surface area contributed by atoms with Gasteiger partial charge in [-0.25, -0.2) is 9.97 Å². The molecule has 0 radical (unpaired) electrons. The van der Waals surface area contributed by atoms with E-state index in [0.29, 0.717) is 16.9 Å². The van der Waals surface area contributed by atoms with Crippen molar-refractivity contribution in [3.8, 4) is 0 Å². The van der Waals surface area contributed by atoms with Crippen molar-refractivity contribution in [1.82, 2.24) is 14.5 Å². The predicted octanol–water partition coefficient (Wildman–Crippen LogP) is 0.918. The van der Waals surface area contributed by atoms with Crippen LogP contribution in [-0.2, 0) is 7.05 Å². The minimum atomic E-state index is -0.462. The molecule has 0 fully saturated rings. The molecule has 2 aromatic heterocycles. The average molecular weight is 207 g/mol. The van der Waals surface area contributed by atoms with Crippen LogP contribution >= 0.6 is 0 Å². The standard InChI is InChI=1S/C8H9N5O2/c1-9-8-6-7(12(2)4-11-6)5(3-10-8)13(14)15/h3-4H,1-2H3,(H,9,10). The number of aromatic nitrogens is 3. The number of rotatable bonds is 2. The highest BCUT2D eigenvalue weighted by molar-refractivity contribution is 5.92. The third-order valence-electron chi connectivity index (χ3n) is 2.15. The first-order valence-electron chi connectivity index (χ1n) is 4.27. The van der Waals surface area contributed by atoms with Gasteiger partial charge < -0.3 is 9.88 Å². The van der Waals surface area contributed by atoms with Crippen LogP contribution in [0.2, 0.25) is 0 Å². The third-order valence-corrected chi connectivity index (χ3v) is 2.15. The van der Waals surface area contributed by atoms with Gasteiger partial charge >= 0.3 is 5.69 Å². The van der Waals surface area contributed by atoms with Gasteiger partial charge in [-0.1, -0.05) is 0 Å². The van der Waals surface area contributed by atoms with Gasteiger partial charge in [-0.05, 0) is 0 Å². The number of nitro groups is 1. The zero-order chi connectivity index (χ0) is 11.0. The number of nitrogens with one attached hydrogen (secondary N) is 1. The molecule has 0 unspecified atom stereocenters. The number of nitrogens with zero attached hydrogens (tertiary/aromatic N) is 4. The lowest BCUT2D eigenvalue weighted by molar-refractivity contribution is -0.383. The van der Waals surface area contributed by atoms with Crippen molar-refractivity contribution in [3.05, 3.63) is 22.6 Å². The molecule has 0 aliphatic rings. The molecule has 0 amide bonds. The topological polar surface area (TPSA) is 85.9 Å². The Morgan fingerprint density at radius 2 is 2.27 bits per heavy atom. The summed E-state index contributed by atoms with van der Waals surface area (Å²) >= 11 is 0. The molecule has 2 heterocycles. The summed E-state index contributed by atoms with van der Waals surface area (Å²) in [6.07, 6.45) is 2.76. The number of anilines is 1. The lowest BCUT2D eigenvalue weighted by Crippen LogP contribution is -1.98. The quantitative estimate of drug-likeness (QED) is 0.584. The molecule has 2 aromatic rings. The molecule has 15 heavy (non-hydrogen) atoms. The molecular formula is C8H9N5O2. The van der Waals surface area contributed by atoms with Gasteiger partial charge in [0.1, 0.15) is 11.7 Å². The highest BCUT2D eigenvalue weighted by Crippen LogP contribution is 2.27. The Morgan fingerprint density at radius 3 is 2.87 bits per heavy atom. The predicted molar refractivity (Wildman–Crippen MR) is 54.7 cm³/mol. The molecule has 7 nitrogen and oxygen atoms in total. The molecule has 1 N–H and O–H groups in total. The lowest BCUT2D eigenvalue weighted by Gasteiger charge is -2.01. The van der Waals surface area contributed by atoms with Crippen LogP contribution in [0.4, 0.5) is 11.5 Å². The van der Waals surface area contributed by atoms with Crippen LogP contribution in [0, 0.1) is 10.1 Å². The fourth-order valence-electron chi connectivity index (χ4n) is 1.47. The van der Waals surface area contributed by atoms with Gasteiger partial charge in [0.2, 0.25) is 0 Å². The van der Waals surface area contributed by atoms with E-state index >= 15 is 0 Å². The van der Waals surface area contributed by atoms with Gasteiger partial charge in [0, 0.05) is 14.1 Å². The van der Waals surface area contributed by atoms with Crippen molar-refractivity contribution in [1.29, 1.82) is 0 Å². The van der Waals surface area contributed by atoms with E-state index in [1.165, 1.54) is 12.5 Å². The van der Waals surface area contributed by atoms with Crippen LogP contribution in [0.3, 0.4) is 0 Å². The van der Waals surface area contributed by atoms with Gasteiger partial charge in [-0.3, -0.25) is 10.1 Å². The van der Waals surface area contributed by atoms with Gasteiger partial charge in [0.25, 0.3) is 0 Å². The van der Waals surface area contributed by atoms with Crippen molar-refractivity contribution in [2.45, 2.75) is 0 Å². The van der Waals surface area contributed by atoms with Gasteiger partial charge in [0.05, 0.1) is 11.3 Å². The van der Waals surface area contributed by atoms with Crippen molar-refractivity contribution in [2.75, 3.05) is 12.4 Å². The highest BCUT2D eigenvalue weighted by Gasteiger charge is 2.18. The summed E-state index contributed by atoms with van der Waals surface area (Å²) in [5.41, 5.74) is 0.942. The van der Waals surface area contributed by atoms with Crippen LogP contribution in [0.15, 0.2) is 12.5 Å². The second kappa shape index (κ2) is 3.19. The molecule has 0 bridgehead atoms. The first-order valence-corrected chi connectivity index (χ1v) is 4.27. The Hall–Kier alpha value is -2.18.